The summed E-state index contributed by atoms with van der Waals surface area (Å²) in [4.78, 5) is 5.00. The molecule has 1 saturated heterocycles. The van der Waals surface area contributed by atoms with Crippen LogP contribution in [0.1, 0.15) is 18.5 Å². The Hall–Kier alpha value is -1.50. The Morgan fingerprint density at radius 2 is 2.26 bits per heavy atom. The Kier molecular flexibility index (Phi) is 3.84. The predicted molar refractivity (Wildman–Crippen MR) is 65.9 cm³/mol. The first-order chi connectivity index (χ1) is 8.88. The summed E-state index contributed by atoms with van der Waals surface area (Å²) in [7, 11) is 1.70. The molecule has 0 spiro atoms. The lowest BCUT2D eigenvalue weighted by Crippen LogP contribution is -2.29. The number of nitrogens with zero attached hydrogens (tertiary/aromatic N) is 2. The summed E-state index contributed by atoms with van der Waals surface area (Å²) in [6.07, 6.45) is -1.47. The number of alkyl halides is 3. The maximum absolute atomic E-state index is 12.6. The summed E-state index contributed by atoms with van der Waals surface area (Å²) < 4.78 is 43.3. The van der Waals surface area contributed by atoms with Crippen molar-refractivity contribution in [3.05, 3.63) is 18.0 Å². The largest absolute Gasteiger partial charge is 0.433 e. The van der Waals surface area contributed by atoms with Gasteiger partial charge in [-0.2, -0.15) is 13.2 Å². The van der Waals surface area contributed by atoms with E-state index < -0.39 is 11.9 Å². The number of halogens is 3. The Balaban J connectivity index is 2.17. The van der Waals surface area contributed by atoms with Crippen molar-refractivity contribution in [2.45, 2.75) is 25.1 Å². The smallest absolute Gasteiger partial charge is 0.396 e. The van der Waals surface area contributed by atoms with E-state index in [9.17, 15) is 13.2 Å². The fraction of sp³-hybridized carbons (Fsp3) is 0.583. The summed E-state index contributed by atoms with van der Waals surface area (Å²) in [5.41, 5.74) is 5.32. The van der Waals surface area contributed by atoms with Crippen LogP contribution in [0.4, 0.5) is 24.5 Å². The maximum atomic E-state index is 12.6. The van der Waals surface area contributed by atoms with Crippen LogP contribution >= 0.6 is 0 Å². The van der Waals surface area contributed by atoms with Gasteiger partial charge in [-0.3, -0.25) is 0 Å². The highest BCUT2D eigenvalue weighted by Gasteiger charge is 2.33. The van der Waals surface area contributed by atoms with Crippen molar-refractivity contribution in [1.29, 1.82) is 0 Å². The minimum atomic E-state index is -4.47. The highest BCUT2D eigenvalue weighted by molar-refractivity contribution is 5.66. The fourth-order valence-corrected chi connectivity index (χ4v) is 2.13. The van der Waals surface area contributed by atoms with E-state index in [1.165, 1.54) is 0 Å². The molecule has 0 aliphatic carbocycles. The van der Waals surface area contributed by atoms with E-state index in [4.69, 9.17) is 10.5 Å². The number of pyridine rings is 1. The molecule has 0 radical (unpaired) electrons. The van der Waals surface area contributed by atoms with Gasteiger partial charge in [0, 0.05) is 20.2 Å². The third kappa shape index (κ3) is 3.28. The molecule has 1 fully saturated rings. The first-order valence-corrected chi connectivity index (χ1v) is 6.03. The van der Waals surface area contributed by atoms with Gasteiger partial charge in [0.1, 0.15) is 5.69 Å². The van der Waals surface area contributed by atoms with Crippen LogP contribution in [-0.2, 0) is 10.9 Å². The molecule has 0 bridgehead atoms. The zero-order valence-corrected chi connectivity index (χ0v) is 10.6. The number of nitrogens with two attached hydrogens (primary N) is 1. The van der Waals surface area contributed by atoms with E-state index >= 15 is 0 Å². The molecule has 1 aromatic heterocycles. The van der Waals surface area contributed by atoms with Crippen molar-refractivity contribution >= 4 is 11.4 Å². The lowest BCUT2D eigenvalue weighted by molar-refractivity contribution is -0.141. The lowest BCUT2D eigenvalue weighted by Gasteiger charge is -2.24. The second-order valence-corrected chi connectivity index (χ2v) is 4.64. The molecule has 2 heterocycles. The Morgan fingerprint density at radius 1 is 1.53 bits per heavy atom. The number of hydrogen-bond acceptors (Lipinski definition) is 4. The number of rotatable bonds is 3. The Labute approximate surface area is 109 Å². The SMILES string of the molecule is CN(CC1CCCO1)c1cc(C(F)(F)F)ncc1N. The number of nitrogen functional groups attached to an aromatic ring is 1. The van der Waals surface area contributed by atoms with E-state index in [1.807, 2.05) is 0 Å². The summed E-state index contributed by atoms with van der Waals surface area (Å²) in [5.74, 6) is 0. The molecule has 1 aromatic rings. The van der Waals surface area contributed by atoms with Gasteiger partial charge in [0.25, 0.3) is 0 Å². The molecule has 1 unspecified atom stereocenters. The molecule has 106 valence electrons. The molecule has 7 heteroatoms. The standard InChI is InChI=1S/C12H16F3N3O/c1-18(7-8-3-2-4-19-8)10-5-11(12(13,14)15)17-6-9(10)16/h5-6,8H,2-4,7,16H2,1H3. The van der Waals surface area contributed by atoms with Gasteiger partial charge in [-0.25, -0.2) is 4.98 Å². The zero-order valence-electron chi connectivity index (χ0n) is 10.6. The molecular weight excluding hydrogens is 259 g/mol. The Morgan fingerprint density at radius 3 is 2.84 bits per heavy atom. The summed E-state index contributed by atoms with van der Waals surface area (Å²) >= 11 is 0. The second-order valence-electron chi connectivity index (χ2n) is 4.64. The van der Waals surface area contributed by atoms with E-state index in [0.717, 1.165) is 25.1 Å². The molecule has 19 heavy (non-hydrogen) atoms. The van der Waals surface area contributed by atoms with Crippen LogP contribution in [0.5, 0.6) is 0 Å². The van der Waals surface area contributed by atoms with Crippen LogP contribution in [-0.4, -0.2) is 31.3 Å². The van der Waals surface area contributed by atoms with Gasteiger partial charge in [-0.05, 0) is 18.9 Å². The van der Waals surface area contributed by atoms with Crippen molar-refractivity contribution in [3.8, 4) is 0 Å². The summed E-state index contributed by atoms with van der Waals surface area (Å²) in [5, 5.41) is 0. The van der Waals surface area contributed by atoms with Crippen molar-refractivity contribution in [2.75, 3.05) is 30.8 Å². The Bertz CT molecular complexity index is 444. The molecule has 2 N–H and O–H groups in total. The number of aromatic nitrogens is 1. The molecule has 1 aliphatic rings. The molecule has 4 nitrogen and oxygen atoms in total. The first-order valence-electron chi connectivity index (χ1n) is 6.03. The molecule has 0 saturated carbocycles. The number of hydrogen-bond donors (Lipinski definition) is 1. The highest BCUT2D eigenvalue weighted by Crippen LogP contribution is 2.32. The molecule has 0 amide bonds. The fourth-order valence-electron chi connectivity index (χ4n) is 2.13. The van der Waals surface area contributed by atoms with Gasteiger partial charge in [-0.15, -0.1) is 0 Å². The predicted octanol–water partition coefficient (Wildman–Crippen LogP) is 2.30. The van der Waals surface area contributed by atoms with E-state index in [-0.39, 0.29) is 11.8 Å². The minimum Gasteiger partial charge on any atom is -0.396 e. The van der Waals surface area contributed by atoms with Crippen LogP contribution in [0, 0.1) is 0 Å². The molecular formula is C12H16F3N3O. The van der Waals surface area contributed by atoms with Crippen molar-refractivity contribution in [3.63, 3.8) is 0 Å². The van der Waals surface area contributed by atoms with Crippen molar-refractivity contribution in [1.82, 2.24) is 4.98 Å². The first kappa shape index (κ1) is 13.9. The topological polar surface area (TPSA) is 51.4 Å². The number of likely N-dealkylation sites (N-methyl/N-ethyl adjacent to an activating group) is 1. The molecule has 2 rings (SSSR count). The monoisotopic (exact) mass is 275 g/mol. The maximum Gasteiger partial charge on any atom is 0.433 e. The van der Waals surface area contributed by atoms with Gasteiger partial charge < -0.3 is 15.4 Å². The van der Waals surface area contributed by atoms with Gasteiger partial charge in [0.2, 0.25) is 0 Å². The van der Waals surface area contributed by atoms with Gasteiger partial charge in [0.05, 0.1) is 23.7 Å². The van der Waals surface area contributed by atoms with Crippen LogP contribution in [0.25, 0.3) is 0 Å². The van der Waals surface area contributed by atoms with E-state index in [2.05, 4.69) is 4.98 Å². The summed E-state index contributed by atoms with van der Waals surface area (Å²) in [6.45, 7) is 1.23. The average molecular weight is 275 g/mol. The summed E-state index contributed by atoms with van der Waals surface area (Å²) in [6, 6.07) is 0.976. The molecule has 1 atom stereocenters. The van der Waals surface area contributed by atoms with Crippen molar-refractivity contribution in [2.24, 2.45) is 0 Å². The minimum absolute atomic E-state index is 0.0481. The highest BCUT2D eigenvalue weighted by atomic mass is 19.4. The van der Waals surface area contributed by atoms with Gasteiger partial charge in [0.15, 0.2) is 0 Å². The van der Waals surface area contributed by atoms with E-state index in [0.29, 0.717) is 18.8 Å². The van der Waals surface area contributed by atoms with Gasteiger partial charge >= 0.3 is 6.18 Å². The van der Waals surface area contributed by atoms with Gasteiger partial charge in [-0.1, -0.05) is 0 Å². The second kappa shape index (κ2) is 5.24. The normalized spacial score (nSPS) is 19.7. The average Bonchev–Trinajstić information content (AvgIpc) is 2.80. The van der Waals surface area contributed by atoms with Crippen LogP contribution < -0.4 is 10.6 Å². The number of ether oxygens (including phenoxy) is 1. The zero-order chi connectivity index (χ0) is 14.0. The van der Waals surface area contributed by atoms with Crippen LogP contribution in [0.3, 0.4) is 0 Å². The molecule has 0 aromatic carbocycles. The van der Waals surface area contributed by atoms with Crippen LogP contribution in [0.2, 0.25) is 0 Å². The van der Waals surface area contributed by atoms with Crippen molar-refractivity contribution < 1.29 is 17.9 Å². The number of anilines is 2. The third-order valence-corrected chi connectivity index (χ3v) is 3.12. The van der Waals surface area contributed by atoms with E-state index in [1.54, 1.807) is 11.9 Å². The lowest BCUT2D eigenvalue weighted by atomic mass is 10.2. The third-order valence-electron chi connectivity index (χ3n) is 3.12. The quantitative estimate of drug-likeness (QED) is 0.919. The van der Waals surface area contributed by atoms with Crippen LogP contribution in [0.15, 0.2) is 12.3 Å². The molecule has 1 aliphatic heterocycles.